The van der Waals surface area contributed by atoms with E-state index in [1.165, 1.54) is 0 Å². The van der Waals surface area contributed by atoms with Crippen LogP contribution in [0.15, 0.2) is 54.6 Å². The van der Waals surface area contributed by atoms with Gasteiger partial charge in [-0.25, -0.2) is 0 Å². The summed E-state index contributed by atoms with van der Waals surface area (Å²) in [4.78, 5) is 11.4. The Bertz CT molecular complexity index is 613. The van der Waals surface area contributed by atoms with E-state index in [0.29, 0.717) is 17.9 Å². The van der Waals surface area contributed by atoms with Crippen LogP contribution in [-0.2, 0) is 11.3 Å². The van der Waals surface area contributed by atoms with Crippen molar-refractivity contribution in [2.24, 2.45) is 0 Å². The molecule has 2 aromatic rings. The number of benzene rings is 2. The number of carboxylic acids is 1. The highest BCUT2D eigenvalue weighted by molar-refractivity contribution is 5.73. The molecule has 5 heteroatoms. The van der Waals surface area contributed by atoms with E-state index >= 15 is 0 Å². The van der Waals surface area contributed by atoms with E-state index in [4.69, 9.17) is 4.74 Å². The zero-order chi connectivity index (χ0) is 16.7. The zero-order valence-electron chi connectivity index (χ0n) is 13.0. The number of hydrogen-bond acceptors (Lipinski definition) is 4. The topological polar surface area (TPSA) is 78.8 Å². The summed E-state index contributed by atoms with van der Waals surface area (Å²) in [6.07, 6.45) is -0.764. The average molecular weight is 315 g/mol. The molecule has 2 rings (SSSR count). The molecule has 0 spiro atoms. The number of carbonyl (C=O) groups is 1. The van der Waals surface area contributed by atoms with Gasteiger partial charge in [0.1, 0.15) is 11.8 Å². The minimum atomic E-state index is -0.978. The van der Waals surface area contributed by atoms with Gasteiger partial charge in [-0.3, -0.25) is 4.79 Å². The van der Waals surface area contributed by atoms with Crippen molar-refractivity contribution in [3.8, 4) is 5.75 Å². The first-order valence-corrected chi connectivity index (χ1v) is 7.42. The Hall–Kier alpha value is -2.37. The molecular formula is C18H21NO4. The van der Waals surface area contributed by atoms with E-state index in [1.54, 1.807) is 31.4 Å². The molecule has 0 bridgehead atoms. The first-order valence-electron chi connectivity index (χ1n) is 7.42. The van der Waals surface area contributed by atoms with Gasteiger partial charge < -0.3 is 20.3 Å². The second-order valence-electron chi connectivity index (χ2n) is 5.28. The summed E-state index contributed by atoms with van der Waals surface area (Å²) in [5, 5.41) is 22.6. The maximum absolute atomic E-state index is 11.4. The average Bonchev–Trinajstić information content (AvgIpc) is 2.59. The SMILES string of the molecule is COc1ccc([C@H](O)C[C@H](NCc2ccccc2)C(=O)O)cc1. The zero-order valence-corrected chi connectivity index (χ0v) is 13.0. The normalized spacial score (nSPS) is 13.3. The maximum atomic E-state index is 11.4. The molecular weight excluding hydrogens is 294 g/mol. The van der Waals surface area contributed by atoms with Crippen molar-refractivity contribution >= 4 is 5.97 Å². The van der Waals surface area contributed by atoms with E-state index in [2.05, 4.69) is 5.32 Å². The Balaban J connectivity index is 1.96. The van der Waals surface area contributed by atoms with Crippen LogP contribution >= 0.6 is 0 Å². The van der Waals surface area contributed by atoms with Gasteiger partial charge in [-0.2, -0.15) is 0 Å². The molecule has 0 aliphatic carbocycles. The summed E-state index contributed by atoms with van der Waals surface area (Å²) in [5.41, 5.74) is 1.66. The molecule has 0 fully saturated rings. The number of nitrogens with one attached hydrogen (secondary N) is 1. The predicted molar refractivity (Wildman–Crippen MR) is 87.3 cm³/mol. The molecule has 3 N–H and O–H groups in total. The van der Waals surface area contributed by atoms with Crippen molar-refractivity contribution in [3.05, 3.63) is 65.7 Å². The number of rotatable bonds is 8. The van der Waals surface area contributed by atoms with Crippen LogP contribution in [0.5, 0.6) is 5.75 Å². The first kappa shape index (κ1) is 17.0. The van der Waals surface area contributed by atoms with Gasteiger partial charge in [-0.05, 0) is 23.3 Å². The Morgan fingerprint density at radius 1 is 1.13 bits per heavy atom. The summed E-state index contributed by atoms with van der Waals surface area (Å²) < 4.78 is 5.07. The van der Waals surface area contributed by atoms with Gasteiger partial charge in [0, 0.05) is 13.0 Å². The summed E-state index contributed by atoms with van der Waals surface area (Å²) >= 11 is 0. The second-order valence-corrected chi connectivity index (χ2v) is 5.28. The number of aliphatic hydroxyl groups is 1. The Kier molecular flexibility index (Phi) is 6.14. The Labute approximate surface area is 135 Å². The van der Waals surface area contributed by atoms with Gasteiger partial charge >= 0.3 is 5.97 Å². The number of carboxylic acid groups (broad SMARTS) is 1. The Morgan fingerprint density at radius 2 is 1.78 bits per heavy atom. The molecule has 122 valence electrons. The number of hydrogen-bond donors (Lipinski definition) is 3. The number of ether oxygens (including phenoxy) is 1. The molecule has 0 amide bonds. The summed E-state index contributed by atoms with van der Waals surface area (Å²) in [7, 11) is 1.57. The van der Waals surface area contributed by atoms with Crippen molar-refractivity contribution in [1.82, 2.24) is 5.32 Å². The Morgan fingerprint density at radius 3 is 2.35 bits per heavy atom. The van der Waals surface area contributed by atoms with Gasteiger partial charge in [-0.1, -0.05) is 42.5 Å². The van der Waals surface area contributed by atoms with Gasteiger partial charge in [0.05, 0.1) is 13.2 Å². The third-order valence-corrected chi connectivity index (χ3v) is 3.65. The first-order chi connectivity index (χ1) is 11.1. The van der Waals surface area contributed by atoms with Crippen LogP contribution in [0.1, 0.15) is 23.7 Å². The van der Waals surface area contributed by atoms with Crippen LogP contribution in [0.25, 0.3) is 0 Å². The molecule has 0 radical (unpaired) electrons. The highest BCUT2D eigenvalue weighted by Crippen LogP contribution is 2.21. The van der Waals surface area contributed by atoms with E-state index in [0.717, 1.165) is 5.56 Å². The van der Waals surface area contributed by atoms with Crippen LogP contribution in [0.3, 0.4) is 0 Å². The lowest BCUT2D eigenvalue weighted by atomic mass is 10.0. The molecule has 2 aromatic carbocycles. The van der Waals surface area contributed by atoms with Crippen LogP contribution < -0.4 is 10.1 Å². The van der Waals surface area contributed by atoms with Crippen molar-refractivity contribution in [2.45, 2.75) is 25.1 Å². The van der Waals surface area contributed by atoms with E-state index < -0.39 is 18.1 Å². The molecule has 0 saturated heterocycles. The fourth-order valence-electron chi connectivity index (χ4n) is 2.29. The van der Waals surface area contributed by atoms with Crippen LogP contribution in [-0.4, -0.2) is 29.3 Å². The fraction of sp³-hybridized carbons (Fsp3) is 0.278. The van der Waals surface area contributed by atoms with Crippen molar-refractivity contribution in [1.29, 1.82) is 0 Å². The van der Waals surface area contributed by atoms with Gasteiger partial charge in [0.2, 0.25) is 0 Å². The number of aliphatic carboxylic acids is 1. The number of aliphatic hydroxyl groups excluding tert-OH is 1. The summed E-state index contributed by atoms with van der Waals surface area (Å²) in [6, 6.07) is 15.7. The monoisotopic (exact) mass is 315 g/mol. The molecule has 0 aromatic heterocycles. The fourth-order valence-corrected chi connectivity index (χ4v) is 2.29. The predicted octanol–water partition coefficient (Wildman–Crippen LogP) is 2.36. The molecule has 0 unspecified atom stereocenters. The number of methoxy groups -OCH3 is 1. The minimum absolute atomic E-state index is 0.0918. The summed E-state index contributed by atoms with van der Waals surface area (Å²) in [5.74, 6) is -0.286. The summed E-state index contributed by atoms with van der Waals surface area (Å²) in [6.45, 7) is 0.438. The van der Waals surface area contributed by atoms with Crippen LogP contribution in [0.4, 0.5) is 0 Å². The lowest BCUT2D eigenvalue weighted by molar-refractivity contribution is -0.140. The third kappa shape index (κ3) is 5.09. The minimum Gasteiger partial charge on any atom is -0.497 e. The highest BCUT2D eigenvalue weighted by Gasteiger charge is 2.22. The molecule has 0 aliphatic heterocycles. The molecule has 5 nitrogen and oxygen atoms in total. The lowest BCUT2D eigenvalue weighted by Gasteiger charge is -2.19. The standard InChI is InChI=1S/C18H21NO4/c1-23-15-9-7-14(8-10-15)17(20)11-16(18(21)22)19-12-13-5-3-2-4-6-13/h2-10,16-17,19-20H,11-12H2,1H3,(H,21,22)/t16-,17+/m0/s1. The maximum Gasteiger partial charge on any atom is 0.320 e. The third-order valence-electron chi connectivity index (χ3n) is 3.65. The smallest absolute Gasteiger partial charge is 0.320 e. The van der Waals surface area contributed by atoms with E-state index in [-0.39, 0.29) is 6.42 Å². The van der Waals surface area contributed by atoms with Gasteiger partial charge in [0.25, 0.3) is 0 Å². The lowest BCUT2D eigenvalue weighted by Crippen LogP contribution is -2.37. The molecule has 0 aliphatic rings. The van der Waals surface area contributed by atoms with Crippen molar-refractivity contribution in [3.63, 3.8) is 0 Å². The van der Waals surface area contributed by atoms with Gasteiger partial charge in [-0.15, -0.1) is 0 Å². The highest BCUT2D eigenvalue weighted by atomic mass is 16.5. The van der Waals surface area contributed by atoms with E-state index in [1.807, 2.05) is 30.3 Å². The molecule has 0 saturated carbocycles. The van der Waals surface area contributed by atoms with Crippen molar-refractivity contribution < 1.29 is 19.7 Å². The van der Waals surface area contributed by atoms with Crippen molar-refractivity contribution in [2.75, 3.05) is 7.11 Å². The quantitative estimate of drug-likeness (QED) is 0.697. The van der Waals surface area contributed by atoms with Gasteiger partial charge in [0.15, 0.2) is 0 Å². The van der Waals surface area contributed by atoms with Crippen LogP contribution in [0, 0.1) is 0 Å². The molecule has 2 atom stereocenters. The largest absolute Gasteiger partial charge is 0.497 e. The van der Waals surface area contributed by atoms with E-state index in [9.17, 15) is 15.0 Å². The molecule has 23 heavy (non-hydrogen) atoms. The van der Waals surface area contributed by atoms with Crippen LogP contribution in [0.2, 0.25) is 0 Å². The molecule has 0 heterocycles. The second kappa shape index (κ2) is 8.31.